The highest BCUT2D eigenvalue weighted by Crippen LogP contribution is 2.26. The highest BCUT2D eigenvalue weighted by Gasteiger charge is 2.45. The Kier molecular flexibility index (Phi) is 16.1. The van der Waals surface area contributed by atoms with E-state index < -0.39 is 73.0 Å². The Morgan fingerprint density at radius 3 is 2.07 bits per heavy atom. The Morgan fingerprint density at radius 2 is 1.46 bits per heavy atom. The van der Waals surface area contributed by atoms with Gasteiger partial charge in [0.15, 0.2) is 6.29 Å². The van der Waals surface area contributed by atoms with E-state index in [2.05, 4.69) is 16.0 Å². The Bertz CT molecular complexity index is 1000. The second-order valence-electron chi connectivity index (χ2n) is 12.4. The summed E-state index contributed by atoms with van der Waals surface area (Å²) in [6.07, 6.45) is 2.80. The lowest BCUT2D eigenvalue weighted by atomic mass is 9.97. The third kappa shape index (κ3) is 12.7. The molecule has 0 aromatic heterocycles. The van der Waals surface area contributed by atoms with Crippen LogP contribution in [-0.4, -0.2) is 115 Å². The van der Waals surface area contributed by atoms with Crippen LogP contribution in [0.2, 0.25) is 0 Å². The van der Waals surface area contributed by atoms with Gasteiger partial charge in [0.2, 0.25) is 17.7 Å². The van der Waals surface area contributed by atoms with Crippen LogP contribution < -0.4 is 16.0 Å². The van der Waals surface area contributed by atoms with Gasteiger partial charge in [-0.15, -0.1) is 0 Å². The second kappa shape index (κ2) is 19.7. The number of carbonyl (C=O) groups excluding carboxylic acids is 5. The molecule has 3 aliphatic rings. The maximum atomic E-state index is 12.9. The number of hydrogen-bond donors (Lipinski definition) is 6. The van der Waals surface area contributed by atoms with Gasteiger partial charge in [-0.1, -0.05) is 25.7 Å². The smallest absolute Gasteiger partial charge is 0.328 e. The zero-order valence-electron chi connectivity index (χ0n) is 26.7. The third-order valence-electron chi connectivity index (χ3n) is 8.68. The van der Waals surface area contributed by atoms with E-state index in [9.17, 15) is 39.3 Å². The number of hydrogen-bond acceptors (Lipinski definition) is 12. The maximum Gasteiger partial charge on any atom is 0.328 e. The van der Waals surface area contributed by atoms with Crippen LogP contribution in [0.15, 0.2) is 0 Å². The first-order chi connectivity index (χ1) is 22.1. The van der Waals surface area contributed by atoms with E-state index >= 15 is 0 Å². The predicted molar refractivity (Wildman–Crippen MR) is 161 cm³/mol. The summed E-state index contributed by atoms with van der Waals surface area (Å²) in [5.74, 6) is -1.91. The summed E-state index contributed by atoms with van der Waals surface area (Å²) in [6.45, 7) is 1.14. The Labute approximate surface area is 269 Å². The molecule has 46 heavy (non-hydrogen) atoms. The molecular weight excluding hydrogens is 606 g/mol. The molecule has 15 heteroatoms. The zero-order chi connectivity index (χ0) is 33.5. The van der Waals surface area contributed by atoms with Gasteiger partial charge in [-0.2, -0.15) is 0 Å². The van der Waals surface area contributed by atoms with Crippen LogP contribution in [0.5, 0.6) is 0 Å². The number of ether oxygens (including phenoxy) is 4. The van der Waals surface area contributed by atoms with Crippen molar-refractivity contribution in [3.63, 3.8) is 0 Å². The monoisotopic (exact) mass is 657 g/mol. The molecule has 3 amide bonds. The molecule has 1 aliphatic heterocycles. The molecule has 0 bridgehead atoms. The molecule has 0 unspecified atom stereocenters. The lowest BCUT2D eigenvalue weighted by Gasteiger charge is -2.42. The second-order valence-corrected chi connectivity index (χ2v) is 12.4. The van der Waals surface area contributed by atoms with Gasteiger partial charge in [0.1, 0.15) is 30.4 Å². The minimum Gasteiger partial charge on any atom is -0.465 e. The van der Waals surface area contributed by atoms with Crippen molar-refractivity contribution in [2.75, 3.05) is 33.0 Å². The number of nitrogens with one attached hydrogen (secondary N) is 3. The molecule has 0 aromatic carbocycles. The van der Waals surface area contributed by atoms with E-state index in [1.165, 1.54) is 6.92 Å². The average Bonchev–Trinajstić information content (AvgIpc) is 3.76. The minimum atomic E-state index is -1.46. The number of aliphatic hydroxyl groups excluding tert-OH is 3. The van der Waals surface area contributed by atoms with Crippen molar-refractivity contribution in [1.29, 1.82) is 0 Å². The summed E-state index contributed by atoms with van der Waals surface area (Å²) in [4.78, 5) is 61.8. The molecular formula is C31H51N3O12. The fourth-order valence-electron chi connectivity index (χ4n) is 6.01. The summed E-state index contributed by atoms with van der Waals surface area (Å²) in [5, 5.41) is 37.5. The van der Waals surface area contributed by atoms with E-state index in [0.717, 1.165) is 51.4 Å². The summed E-state index contributed by atoms with van der Waals surface area (Å²) in [7, 11) is 0. The van der Waals surface area contributed by atoms with Crippen LogP contribution in [-0.2, 0) is 42.9 Å². The van der Waals surface area contributed by atoms with Gasteiger partial charge in [-0.25, -0.2) is 4.79 Å². The van der Waals surface area contributed by atoms with Crippen LogP contribution in [0.3, 0.4) is 0 Å². The molecule has 1 heterocycles. The van der Waals surface area contributed by atoms with Crippen molar-refractivity contribution in [3.8, 4) is 0 Å². The molecule has 0 radical (unpaired) electrons. The van der Waals surface area contributed by atoms with Crippen molar-refractivity contribution < 1.29 is 58.2 Å². The zero-order valence-corrected chi connectivity index (χ0v) is 26.7. The normalized spacial score (nSPS) is 25.9. The van der Waals surface area contributed by atoms with Gasteiger partial charge in [0.25, 0.3) is 0 Å². The molecule has 6 N–H and O–H groups in total. The standard InChI is InChI=1S/C31H51N3O12/c1-19(36)33-27-29(41)28(40)23(16-35)46-31(27)43-15-14-32-24(37)11-12-25(38)34-22(30(42)45-18-21-8-4-5-9-21)10-13-26(39)44-17-20-6-2-3-7-20/h20-23,27-29,31,35,40-41H,2-18H2,1H3,(H,32,37)(H,33,36)(H,34,38)/t22-,23+,27+,28-,29+,31+/m0/s1. The van der Waals surface area contributed by atoms with Crippen molar-refractivity contribution in [2.45, 2.75) is 121 Å². The van der Waals surface area contributed by atoms with Crippen molar-refractivity contribution >= 4 is 29.7 Å². The molecule has 0 aromatic rings. The van der Waals surface area contributed by atoms with Crippen LogP contribution in [0, 0.1) is 11.8 Å². The predicted octanol–water partition coefficient (Wildman–Crippen LogP) is -0.425. The van der Waals surface area contributed by atoms with Gasteiger partial charge < -0.3 is 50.2 Å². The molecule has 2 saturated carbocycles. The van der Waals surface area contributed by atoms with Crippen LogP contribution in [0.4, 0.5) is 0 Å². The average molecular weight is 658 g/mol. The SMILES string of the molecule is CC(=O)N[C@H]1[C@H](OCCNC(=O)CCC(=O)N[C@@H](CCC(=O)OCC2CCCC2)C(=O)OCC2CCCC2)O[C@H](CO)[C@H](O)[C@@H]1O. The van der Waals surface area contributed by atoms with Gasteiger partial charge >= 0.3 is 11.9 Å². The van der Waals surface area contributed by atoms with Gasteiger partial charge in [-0.3, -0.25) is 19.2 Å². The van der Waals surface area contributed by atoms with Crippen LogP contribution in [0.1, 0.15) is 84.0 Å². The summed E-state index contributed by atoms with van der Waals surface area (Å²) in [6, 6.07) is -2.16. The summed E-state index contributed by atoms with van der Waals surface area (Å²) in [5.41, 5.74) is 0. The maximum absolute atomic E-state index is 12.9. The number of rotatable bonds is 18. The van der Waals surface area contributed by atoms with Crippen molar-refractivity contribution in [3.05, 3.63) is 0 Å². The van der Waals surface area contributed by atoms with Crippen LogP contribution in [0.25, 0.3) is 0 Å². The molecule has 6 atom stereocenters. The molecule has 0 spiro atoms. The molecule has 1 saturated heterocycles. The Hall–Kier alpha value is -2.85. The highest BCUT2D eigenvalue weighted by atomic mass is 16.7. The fraction of sp³-hybridized carbons (Fsp3) is 0.839. The number of esters is 2. The largest absolute Gasteiger partial charge is 0.465 e. The first-order valence-electron chi connectivity index (χ1n) is 16.5. The molecule has 3 rings (SSSR count). The van der Waals surface area contributed by atoms with Gasteiger partial charge in [-0.05, 0) is 43.9 Å². The number of carbonyl (C=O) groups is 5. The van der Waals surface area contributed by atoms with Crippen LogP contribution >= 0.6 is 0 Å². The van der Waals surface area contributed by atoms with E-state index in [1.54, 1.807) is 0 Å². The number of aliphatic hydroxyl groups is 3. The first-order valence-corrected chi connectivity index (χ1v) is 16.5. The quantitative estimate of drug-likeness (QED) is 0.0818. The summed E-state index contributed by atoms with van der Waals surface area (Å²) >= 11 is 0. The highest BCUT2D eigenvalue weighted by molar-refractivity contribution is 5.87. The van der Waals surface area contributed by atoms with Gasteiger partial charge in [0.05, 0.1) is 26.4 Å². The third-order valence-corrected chi connectivity index (χ3v) is 8.68. The van der Waals surface area contributed by atoms with E-state index in [4.69, 9.17) is 18.9 Å². The number of amides is 3. The van der Waals surface area contributed by atoms with E-state index in [0.29, 0.717) is 12.5 Å². The topological polar surface area (TPSA) is 219 Å². The molecule has 2 aliphatic carbocycles. The minimum absolute atomic E-state index is 0.00533. The van der Waals surface area contributed by atoms with E-state index in [1.807, 2.05) is 0 Å². The Balaban J connectivity index is 1.40. The first kappa shape index (κ1) is 37.6. The lowest BCUT2D eigenvalue weighted by molar-refractivity contribution is -0.269. The molecule has 3 fully saturated rings. The molecule has 15 nitrogen and oxygen atoms in total. The van der Waals surface area contributed by atoms with Crippen molar-refractivity contribution in [2.24, 2.45) is 11.8 Å². The fourth-order valence-corrected chi connectivity index (χ4v) is 6.01. The lowest BCUT2D eigenvalue weighted by Crippen LogP contribution is -2.64. The van der Waals surface area contributed by atoms with Crippen molar-refractivity contribution in [1.82, 2.24) is 16.0 Å². The van der Waals surface area contributed by atoms with E-state index in [-0.39, 0.29) is 51.4 Å². The Morgan fingerprint density at radius 1 is 0.848 bits per heavy atom. The summed E-state index contributed by atoms with van der Waals surface area (Å²) < 4.78 is 21.9. The van der Waals surface area contributed by atoms with Gasteiger partial charge in [0, 0.05) is 32.7 Å². The molecule has 262 valence electrons.